The maximum Gasteiger partial charge on any atom is 0.338 e. The molecule has 28 heavy (non-hydrogen) atoms. The van der Waals surface area contributed by atoms with Gasteiger partial charge in [0.25, 0.3) is 10.2 Å². The van der Waals surface area contributed by atoms with E-state index in [2.05, 4.69) is 0 Å². The summed E-state index contributed by atoms with van der Waals surface area (Å²) in [6.45, 7) is 2.54. The number of rotatable bonds is 7. The van der Waals surface area contributed by atoms with Gasteiger partial charge in [0.2, 0.25) is 0 Å². The maximum atomic E-state index is 13.6. The number of hydrogen-bond donors (Lipinski definition) is 1. The molecule has 0 saturated carbocycles. The van der Waals surface area contributed by atoms with Crippen LogP contribution in [0.3, 0.4) is 0 Å². The van der Waals surface area contributed by atoms with Crippen LogP contribution < -0.4 is 0 Å². The molecule has 1 N–H and O–H groups in total. The Kier molecular flexibility index (Phi) is 6.69. The lowest BCUT2D eigenvalue weighted by molar-refractivity contribution is 0.0691. The van der Waals surface area contributed by atoms with Crippen molar-refractivity contribution in [3.05, 3.63) is 35.1 Å². The third-order valence-corrected chi connectivity index (χ3v) is 7.66. The summed E-state index contributed by atoms with van der Waals surface area (Å²) in [7, 11) is -1.82. The van der Waals surface area contributed by atoms with E-state index in [0.29, 0.717) is 57.1 Å². The first kappa shape index (κ1) is 21.2. The van der Waals surface area contributed by atoms with E-state index in [0.717, 1.165) is 18.9 Å². The number of nitrogens with zero attached hydrogens (tertiary/aromatic N) is 2. The van der Waals surface area contributed by atoms with E-state index in [-0.39, 0.29) is 11.5 Å². The minimum absolute atomic E-state index is 0.0907. The Morgan fingerprint density at radius 3 is 2.46 bits per heavy atom. The molecular formula is C19H27FN2O5S. The molecule has 1 atom stereocenters. The molecule has 0 aliphatic carbocycles. The molecule has 1 aromatic rings. The minimum Gasteiger partial charge on any atom is -0.478 e. The van der Waals surface area contributed by atoms with Crippen LogP contribution in [0.15, 0.2) is 18.2 Å². The second kappa shape index (κ2) is 8.86. The van der Waals surface area contributed by atoms with E-state index in [1.807, 2.05) is 0 Å². The number of benzene rings is 1. The van der Waals surface area contributed by atoms with E-state index in [9.17, 15) is 17.6 Å². The number of carbonyl (C=O) groups is 1. The van der Waals surface area contributed by atoms with Gasteiger partial charge in [-0.15, -0.1) is 0 Å². The largest absolute Gasteiger partial charge is 0.478 e. The van der Waals surface area contributed by atoms with Crippen LogP contribution in [-0.4, -0.2) is 68.0 Å². The topological polar surface area (TPSA) is 87.2 Å². The predicted octanol–water partition coefficient (Wildman–Crippen LogP) is 1.99. The minimum atomic E-state index is -3.48. The van der Waals surface area contributed by atoms with Crippen LogP contribution in [-0.2, 0) is 21.4 Å². The highest BCUT2D eigenvalue weighted by atomic mass is 32.2. The highest BCUT2D eigenvalue weighted by Gasteiger charge is 2.37. The first-order valence-corrected chi connectivity index (χ1v) is 11.0. The Morgan fingerprint density at radius 1 is 1.18 bits per heavy atom. The molecule has 156 valence electrons. The fourth-order valence-corrected chi connectivity index (χ4v) is 5.81. The van der Waals surface area contributed by atoms with E-state index < -0.39 is 22.0 Å². The molecule has 0 bridgehead atoms. The van der Waals surface area contributed by atoms with Gasteiger partial charge in [0.15, 0.2) is 0 Å². The molecule has 2 fully saturated rings. The number of methoxy groups -OCH3 is 1. The summed E-state index contributed by atoms with van der Waals surface area (Å²) in [5.41, 5.74) is 0.363. The highest BCUT2D eigenvalue weighted by Crippen LogP contribution is 2.28. The van der Waals surface area contributed by atoms with Crippen LogP contribution in [0.25, 0.3) is 0 Å². The number of halogens is 1. The standard InChI is InChI=1S/C19H27FN2O5S/c1-27-13-14-4-7-21(8-5-14)28(25,26)22-9-6-16(12-22)10-15-2-3-18(20)17(11-15)19(23)24/h2-3,11,14,16H,4-10,12-13H2,1H3,(H,23,24). The quantitative estimate of drug-likeness (QED) is 0.737. The molecule has 9 heteroatoms. The third-order valence-electron chi connectivity index (χ3n) is 5.66. The van der Waals surface area contributed by atoms with Crippen molar-refractivity contribution in [2.45, 2.75) is 25.7 Å². The SMILES string of the molecule is COCC1CCN(S(=O)(=O)N2CCC(Cc3ccc(F)c(C(=O)O)c3)C2)CC1. The fraction of sp³-hybridized carbons (Fsp3) is 0.632. The van der Waals surface area contributed by atoms with Crippen molar-refractivity contribution >= 4 is 16.2 Å². The van der Waals surface area contributed by atoms with Gasteiger partial charge in [-0.25, -0.2) is 9.18 Å². The van der Waals surface area contributed by atoms with Gasteiger partial charge in [-0.3, -0.25) is 0 Å². The zero-order valence-corrected chi connectivity index (χ0v) is 16.8. The molecule has 2 aliphatic rings. The first-order chi connectivity index (χ1) is 13.3. The van der Waals surface area contributed by atoms with Crippen molar-refractivity contribution in [3.63, 3.8) is 0 Å². The predicted molar refractivity (Wildman–Crippen MR) is 102 cm³/mol. The van der Waals surface area contributed by atoms with Gasteiger partial charge in [0.05, 0.1) is 5.56 Å². The Hall–Kier alpha value is -1.55. The van der Waals surface area contributed by atoms with Gasteiger partial charge >= 0.3 is 5.97 Å². The molecular weight excluding hydrogens is 387 g/mol. The van der Waals surface area contributed by atoms with Crippen LogP contribution in [0.4, 0.5) is 4.39 Å². The Bertz CT molecular complexity index is 809. The molecule has 7 nitrogen and oxygen atoms in total. The molecule has 0 aromatic heterocycles. The Labute approximate surface area is 165 Å². The van der Waals surface area contributed by atoms with Gasteiger partial charge in [0, 0.05) is 39.9 Å². The summed E-state index contributed by atoms with van der Waals surface area (Å²) in [5.74, 6) is -1.56. The fourth-order valence-electron chi connectivity index (χ4n) is 4.08. The van der Waals surface area contributed by atoms with Gasteiger partial charge in [-0.2, -0.15) is 17.0 Å². The number of hydrogen-bond acceptors (Lipinski definition) is 4. The third kappa shape index (κ3) is 4.71. The lowest BCUT2D eigenvalue weighted by Gasteiger charge is -2.33. The summed E-state index contributed by atoms with van der Waals surface area (Å²) in [6.07, 6.45) is 2.84. The summed E-state index contributed by atoms with van der Waals surface area (Å²) < 4.78 is 47.7. The Balaban J connectivity index is 1.59. The average molecular weight is 414 g/mol. The van der Waals surface area contributed by atoms with Crippen LogP contribution >= 0.6 is 0 Å². The smallest absolute Gasteiger partial charge is 0.338 e. The second-order valence-corrected chi connectivity index (χ2v) is 9.57. The van der Waals surface area contributed by atoms with E-state index >= 15 is 0 Å². The number of aromatic carboxylic acids is 1. The Morgan fingerprint density at radius 2 is 1.82 bits per heavy atom. The molecule has 2 heterocycles. The van der Waals surface area contributed by atoms with E-state index in [4.69, 9.17) is 9.84 Å². The van der Waals surface area contributed by atoms with Crippen LogP contribution in [0.2, 0.25) is 0 Å². The molecule has 1 unspecified atom stereocenters. The van der Waals surface area contributed by atoms with E-state index in [1.54, 1.807) is 17.5 Å². The first-order valence-electron chi connectivity index (χ1n) is 9.57. The number of piperidine rings is 1. The normalized spacial score (nSPS) is 22.6. The summed E-state index contributed by atoms with van der Waals surface area (Å²) in [5, 5.41) is 9.06. The van der Waals surface area contributed by atoms with Crippen LogP contribution in [0, 0.1) is 17.7 Å². The molecule has 0 radical (unpaired) electrons. The van der Waals surface area contributed by atoms with Crippen LogP contribution in [0.1, 0.15) is 35.2 Å². The summed E-state index contributed by atoms with van der Waals surface area (Å²) in [4.78, 5) is 11.1. The number of carboxylic acids is 1. The van der Waals surface area contributed by atoms with Gasteiger partial charge in [-0.05, 0) is 55.2 Å². The second-order valence-electron chi connectivity index (χ2n) is 7.64. The zero-order valence-electron chi connectivity index (χ0n) is 16.0. The molecule has 1 aromatic carbocycles. The highest BCUT2D eigenvalue weighted by molar-refractivity contribution is 7.86. The summed E-state index contributed by atoms with van der Waals surface area (Å²) >= 11 is 0. The lowest BCUT2D eigenvalue weighted by atomic mass is 9.97. The van der Waals surface area contributed by atoms with Crippen molar-refractivity contribution in [3.8, 4) is 0 Å². The maximum absolute atomic E-state index is 13.6. The van der Waals surface area contributed by atoms with Crippen molar-refractivity contribution in [1.82, 2.24) is 8.61 Å². The van der Waals surface area contributed by atoms with Crippen LogP contribution in [0.5, 0.6) is 0 Å². The molecule has 0 amide bonds. The van der Waals surface area contributed by atoms with Crippen molar-refractivity contribution in [1.29, 1.82) is 0 Å². The molecule has 2 aliphatic heterocycles. The summed E-state index contributed by atoms with van der Waals surface area (Å²) in [6, 6.07) is 4.07. The average Bonchev–Trinajstić information content (AvgIpc) is 3.13. The monoisotopic (exact) mass is 414 g/mol. The molecule has 3 rings (SSSR count). The molecule has 2 saturated heterocycles. The van der Waals surface area contributed by atoms with E-state index in [1.165, 1.54) is 10.4 Å². The molecule has 0 spiro atoms. The number of carboxylic acid groups (broad SMARTS) is 1. The van der Waals surface area contributed by atoms with Crippen molar-refractivity contribution in [2.75, 3.05) is 39.9 Å². The number of ether oxygens (including phenoxy) is 1. The van der Waals surface area contributed by atoms with Crippen molar-refractivity contribution in [2.24, 2.45) is 11.8 Å². The van der Waals surface area contributed by atoms with Gasteiger partial charge in [0.1, 0.15) is 5.82 Å². The van der Waals surface area contributed by atoms with Gasteiger partial charge < -0.3 is 9.84 Å². The lowest BCUT2D eigenvalue weighted by Crippen LogP contribution is -2.46. The van der Waals surface area contributed by atoms with Gasteiger partial charge in [-0.1, -0.05) is 6.07 Å². The van der Waals surface area contributed by atoms with Crippen molar-refractivity contribution < 1.29 is 27.4 Å². The zero-order chi connectivity index (χ0) is 20.3.